The number of rotatable bonds is 4. The second kappa shape index (κ2) is 4.31. The van der Waals surface area contributed by atoms with E-state index in [1.165, 1.54) is 7.11 Å². The molecule has 0 heterocycles. The predicted molar refractivity (Wildman–Crippen MR) is 65.8 cm³/mol. The molecule has 2 rings (SSSR count). The van der Waals surface area contributed by atoms with Gasteiger partial charge in [-0.1, -0.05) is 18.6 Å². The summed E-state index contributed by atoms with van der Waals surface area (Å²) in [5, 5.41) is 0. The highest BCUT2D eigenvalue weighted by molar-refractivity contribution is 7.93. The molecule has 17 heavy (non-hydrogen) atoms. The van der Waals surface area contributed by atoms with Gasteiger partial charge in [-0.15, -0.1) is 0 Å². The summed E-state index contributed by atoms with van der Waals surface area (Å²) in [7, 11) is -1.93. The Morgan fingerprint density at radius 2 is 2.00 bits per heavy atom. The molecule has 5 heteroatoms. The fourth-order valence-corrected chi connectivity index (χ4v) is 4.41. The number of nitrogens with two attached hydrogens (primary N) is 1. The van der Waals surface area contributed by atoms with Crippen LogP contribution in [0.25, 0.3) is 0 Å². The third-order valence-corrected chi connectivity index (χ3v) is 6.20. The lowest BCUT2D eigenvalue weighted by molar-refractivity contribution is 0.341. The molecule has 4 nitrogen and oxygen atoms in total. The smallest absolute Gasteiger partial charge is 0.188 e. The highest BCUT2D eigenvalue weighted by Crippen LogP contribution is 2.43. The Labute approximate surface area is 102 Å². The number of ether oxygens (including phenoxy) is 1. The third-order valence-electron chi connectivity index (χ3n) is 3.57. The van der Waals surface area contributed by atoms with Crippen molar-refractivity contribution in [1.29, 1.82) is 0 Å². The molecule has 1 aromatic carbocycles. The molecule has 2 N–H and O–H groups in total. The first kappa shape index (κ1) is 12.4. The second-order valence-corrected chi connectivity index (χ2v) is 6.71. The minimum Gasteiger partial charge on any atom is -0.495 e. The number of methoxy groups -OCH3 is 1. The average Bonchev–Trinajstić information content (AvgIpc) is 2.28. The zero-order valence-electron chi connectivity index (χ0n) is 9.85. The van der Waals surface area contributed by atoms with E-state index in [0.29, 0.717) is 18.6 Å². The number of sulfone groups is 1. The van der Waals surface area contributed by atoms with E-state index in [1.807, 2.05) is 0 Å². The molecule has 94 valence electrons. The Bertz CT molecular complexity index is 501. The average molecular weight is 255 g/mol. The molecule has 0 aromatic heterocycles. The molecule has 0 spiro atoms. The summed E-state index contributed by atoms with van der Waals surface area (Å²) in [5.41, 5.74) is 5.66. The summed E-state index contributed by atoms with van der Waals surface area (Å²) >= 11 is 0. The van der Waals surface area contributed by atoms with Gasteiger partial charge < -0.3 is 10.5 Å². The van der Waals surface area contributed by atoms with Crippen molar-refractivity contribution in [1.82, 2.24) is 0 Å². The van der Waals surface area contributed by atoms with Crippen molar-refractivity contribution < 1.29 is 13.2 Å². The molecule has 0 aliphatic heterocycles. The predicted octanol–water partition coefficient (Wildman–Crippen LogP) is 1.35. The van der Waals surface area contributed by atoms with Gasteiger partial charge in [0.05, 0.1) is 11.9 Å². The summed E-state index contributed by atoms with van der Waals surface area (Å²) in [5.74, 6) is 0.396. The lowest BCUT2D eigenvalue weighted by atomic mass is 9.84. The number of benzene rings is 1. The van der Waals surface area contributed by atoms with Gasteiger partial charge in [-0.3, -0.25) is 0 Å². The molecular formula is C12H17NO3S. The first-order valence-corrected chi connectivity index (χ1v) is 7.13. The molecule has 1 aliphatic rings. The molecule has 0 unspecified atom stereocenters. The second-order valence-electron chi connectivity index (χ2n) is 4.39. The summed E-state index contributed by atoms with van der Waals surface area (Å²) in [6.45, 7) is 0.174. The lowest BCUT2D eigenvalue weighted by Crippen LogP contribution is -2.51. The minimum absolute atomic E-state index is 0.174. The fourth-order valence-electron chi connectivity index (χ4n) is 2.23. The van der Waals surface area contributed by atoms with Gasteiger partial charge in [0.15, 0.2) is 9.84 Å². The van der Waals surface area contributed by atoms with Gasteiger partial charge in [0.2, 0.25) is 0 Å². The van der Waals surface area contributed by atoms with Crippen LogP contribution in [0.2, 0.25) is 0 Å². The van der Waals surface area contributed by atoms with Gasteiger partial charge in [0.1, 0.15) is 10.6 Å². The highest BCUT2D eigenvalue weighted by atomic mass is 32.2. The van der Waals surface area contributed by atoms with Crippen molar-refractivity contribution in [2.45, 2.75) is 28.9 Å². The highest BCUT2D eigenvalue weighted by Gasteiger charge is 2.49. The van der Waals surface area contributed by atoms with Crippen LogP contribution < -0.4 is 10.5 Å². The van der Waals surface area contributed by atoms with Crippen molar-refractivity contribution in [3.63, 3.8) is 0 Å². The van der Waals surface area contributed by atoms with E-state index in [-0.39, 0.29) is 11.4 Å². The largest absolute Gasteiger partial charge is 0.495 e. The molecule has 0 radical (unpaired) electrons. The van der Waals surface area contributed by atoms with E-state index in [1.54, 1.807) is 24.3 Å². The Morgan fingerprint density at radius 1 is 1.35 bits per heavy atom. The quantitative estimate of drug-likeness (QED) is 0.881. The van der Waals surface area contributed by atoms with Crippen LogP contribution >= 0.6 is 0 Å². The molecule has 0 atom stereocenters. The van der Waals surface area contributed by atoms with E-state index < -0.39 is 14.6 Å². The van der Waals surface area contributed by atoms with Crippen LogP contribution in [0.1, 0.15) is 19.3 Å². The van der Waals surface area contributed by atoms with Crippen LogP contribution in [-0.4, -0.2) is 26.8 Å². The lowest BCUT2D eigenvalue weighted by Gasteiger charge is -2.40. The monoisotopic (exact) mass is 255 g/mol. The normalized spacial score (nSPS) is 18.5. The summed E-state index contributed by atoms with van der Waals surface area (Å²) < 4.78 is 29.5. The van der Waals surface area contributed by atoms with E-state index in [9.17, 15) is 8.42 Å². The third kappa shape index (κ3) is 1.73. The minimum atomic E-state index is -3.41. The zero-order valence-corrected chi connectivity index (χ0v) is 10.7. The molecule has 1 fully saturated rings. The first-order chi connectivity index (χ1) is 8.07. The van der Waals surface area contributed by atoms with Crippen LogP contribution in [0.5, 0.6) is 5.75 Å². The van der Waals surface area contributed by atoms with Crippen LogP contribution in [-0.2, 0) is 9.84 Å². The van der Waals surface area contributed by atoms with Crippen molar-refractivity contribution in [3.05, 3.63) is 24.3 Å². The maximum Gasteiger partial charge on any atom is 0.188 e. The Kier molecular flexibility index (Phi) is 3.14. The maximum atomic E-state index is 12.6. The molecule has 0 bridgehead atoms. The summed E-state index contributed by atoms with van der Waals surface area (Å²) in [4.78, 5) is 0.257. The maximum absolute atomic E-state index is 12.6. The van der Waals surface area contributed by atoms with Gasteiger partial charge in [-0.25, -0.2) is 8.42 Å². The van der Waals surface area contributed by atoms with Crippen molar-refractivity contribution in [2.24, 2.45) is 5.73 Å². The standard InChI is InChI=1S/C12H17NO3S/c1-16-10-5-2-3-6-11(10)17(14,15)12(9-13)7-4-8-12/h2-3,5-6H,4,7-9,13H2,1H3. The van der Waals surface area contributed by atoms with E-state index in [2.05, 4.69) is 0 Å². The van der Waals surface area contributed by atoms with Gasteiger partial charge in [0, 0.05) is 6.54 Å². The molecule has 1 saturated carbocycles. The fraction of sp³-hybridized carbons (Fsp3) is 0.500. The molecule has 1 aromatic rings. The summed E-state index contributed by atoms with van der Waals surface area (Å²) in [6.07, 6.45) is 2.21. The Hall–Kier alpha value is -1.07. The number of hydrogen-bond acceptors (Lipinski definition) is 4. The van der Waals surface area contributed by atoms with E-state index in [0.717, 1.165) is 6.42 Å². The number of hydrogen-bond donors (Lipinski definition) is 1. The van der Waals surface area contributed by atoms with Gasteiger partial charge in [-0.05, 0) is 25.0 Å². The first-order valence-electron chi connectivity index (χ1n) is 5.65. The van der Waals surface area contributed by atoms with Gasteiger partial charge in [0.25, 0.3) is 0 Å². The van der Waals surface area contributed by atoms with Crippen LogP contribution in [0, 0.1) is 0 Å². The summed E-state index contributed by atoms with van der Waals surface area (Å²) in [6, 6.07) is 6.71. The number of para-hydroxylation sites is 1. The van der Waals surface area contributed by atoms with Crippen molar-refractivity contribution >= 4 is 9.84 Å². The SMILES string of the molecule is COc1ccccc1S(=O)(=O)C1(CN)CCC1. The Morgan fingerprint density at radius 3 is 2.47 bits per heavy atom. The van der Waals surface area contributed by atoms with Crippen molar-refractivity contribution in [2.75, 3.05) is 13.7 Å². The molecule has 1 aliphatic carbocycles. The molecule has 0 amide bonds. The molecular weight excluding hydrogens is 238 g/mol. The molecule has 0 saturated heterocycles. The Balaban J connectivity index is 2.52. The zero-order chi connectivity index (χ0) is 12.5. The van der Waals surface area contributed by atoms with E-state index in [4.69, 9.17) is 10.5 Å². The topological polar surface area (TPSA) is 69.4 Å². The van der Waals surface area contributed by atoms with Crippen LogP contribution in [0.3, 0.4) is 0 Å². The van der Waals surface area contributed by atoms with Crippen LogP contribution in [0.4, 0.5) is 0 Å². The van der Waals surface area contributed by atoms with Crippen molar-refractivity contribution in [3.8, 4) is 5.75 Å². The van der Waals surface area contributed by atoms with Crippen LogP contribution in [0.15, 0.2) is 29.2 Å². The van der Waals surface area contributed by atoms with Gasteiger partial charge >= 0.3 is 0 Å². The van der Waals surface area contributed by atoms with Gasteiger partial charge in [-0.2, -0.15) is 0 Å². The van der Waals surface area contributed by atoms with E-state index >= 15 is 0 Å².